The van der Waals surface area contributed by atoms with Crippen LogP contribution < -0.4 is 0 Å². The second-order valence-electron chi connectivity index (χ2n) is 2.92. The molecule has 0 aromatic rings. The number of carbonyl (C=O) groups excluding carboxylic acids is 1. The summed E-state index contributed by atoms with van der Waals surface area (Å²) in [6.07, 6.45) is 4.13. The highest BCUT2D eigenvalue weighted by molar-refractivity contribution is 5.94. The molecule has 2 unspecified atom stereocenters. The standard InChI is InChI=1S/C9H12O3/c1-3-4-8-7(10)5-6-9(2,11)12-8/h3,5-6,8,11H,1,4H2,2H3. The van der Waals surface area contributed by atoms with Crippen LogP contribution in [0.3, 0.4) is 0 Å². The van der Waals surface area contributed by atoms with Gasteiger partial charge in [-0.25, -0.2) is 0 Å². The predicted octanol–water partition coefficient (Wildman–Crippen LogP) is 0.795. The molecule has 0 spiro atoms. The molecule has 1 aliphatic rings. The molecule has 12 heavy (non-hydrogen) atoms. The van der Waals surface area contributed by atoms with Crippen molar-refractivity contribution in [1.29, 1.82) is 0 Å². The van der Waals surface area contributed by atoms with Gasteiger partial charge < -0.3 is 9.84 Å². The van der Waals surface area contributed by atoms with Gasteiger partial charge in [0.2, 0.25) is 0 Å². The second-order valence-corrected chi connectivity index (χ2v) is 2.92. The molecule has 1 N–H and O–H groups in total. The van der Waals surface area contributed by atoms with Crippen molar-refractivity contribution < 1.29 is 14.6 Å². The Morgan fingerprint density at radius 1 is 1.92 bits per heavy atom. The maximum Gasteiger partial charge on any atom is 0.184 e. The third kappa shape index (κ3) is 2.03. The maximum atomic E-state index is 11.1. The van der Waals surface area contributed by atoms with Crippen molar-refractivity contribution in [3.63, 3.8) is 0 Å². The van der Waals surface area contributed by atoms with E-state index in [0.717, 1.165) is 0 Å². The quantitative estimate of drug-likeness (QED) is 0.620. The normalized spacial score (nSPS) is 35.2. The molecule has 3 heteroatoms. The van der Waals surface area contributed by atoms with Gasteiger partial charge in [-0.05, 0) is 25.5 Å². The Bertz CT molecular complexity index is 228. The van der Waals surface area contributed by atoms with Crippen LogP contribution in [0, 0.1) is 0 Å². The molecule has 1 rings (SSSR count). The van der Waals surface area contributed by atoms with Gasteiger partial charge in [0.15, 0.2) is 11.6 Å². The monoisotopic (exact) mass is 168 g/mol. The molecular formula is C9H12O3. The molecule has 1 aliphatic heterocycles. The van der Waals surface area contributed by atoms with Crippen LogP contribution in [0.15, 0.2) is 24.8 Å². The van der Waals surface area contributed by atoms with Gasteiger partial charge >= 0.3 is 0 Å². The largest absolute Gasteiger partial charge is 0.362 e. The van der Waals surface area contributed by atoms with E-state index in [2.05, 4.69) is 6.58 Å². The lowest BCUT2D eigenvalue weighted by Gasteiger charge is -2.28. The van der Waals surface area contributed by atoms with Crippen LogP contribution in [-0.2, 0) is 9.53 Å². The minimum absolute atomic E-state index is 0.124. The first-order chi connectivity index (χ1) is 5.55. The summed E-state index contributed by atoms with van der Waals surface area (Å²) in [6, 6.07) is 0. The van der Waals surface area contributed by atoms with E-state index < -0.39 is 11.9 Å². The van der Waals surface area contributed by atoms with E-state index >= 15 is 0 Å². The highest BCUT2D eigenvalue weighted by Gasteiger charge is 2.30. The summed E-state index contributed by atoms with van der Waals surface area (Å²) < 4.78 is 5.07. The highest BCUT2D eigenvalue weighted by atomic mass is 16.6. The Kier molecular flexibility index (Phi) is 2.45. The molecule has 66 valence electrons. The predicted molar refractivity (Wildman–Crippen MR) is 44.5 cm³/mol. The van der Waals surface area contributed by atoms with Gasteiger partial charge in [0, 0.05) is 0 Å². The van der Waals surface area contributed by atoms with Crippen LogP contribution >= 0.6 is 0 Å². The molecule has 0 aromatic heterocycles. The average Bonchev–Trinajstić information content (AvgIpc) is 1.97. The zero-order valence-corrected chi connectivity index (χ0v) is 6.99. The SMILES string of the molecule is C=CCC1OC(C)(O)C=CC1=O. The van der Waals surface area contributed by atoms with Crippen LogP contribution in [-0.4, -0.2) is 22.8 Å². The minimum Gasteiger partial charge on any atom is -0.362 e. The minimum atomic E-state index is -1.32. The Morgan fingerprint density at radius 2 is 2.58 bits per heavy atom. The first kappa shape index (κ1) is 9.16. The third-order valence-electron chi connectivity index (χ3n) is 1.64. The van der Waals surface area contributed by atoms with Crippen molar-refractivity contribution in [3.05, 3.63) is 24.8 Å². The van der Waals surface area contributed by atoms with Gasteiger partial charge in [-0.2, -0.15) is 0 Å². The molecule has 0 amide bonds. The number of carbonyl (C=O) groups is 1. The summed E-state index contributed by atoms with van der Waals surface area (Å²) in [4.78, 5) is 11.1. The van der Waals surface area contributed by atoms with Crippen LogP contribution in [0.5, 0.6) is 0 Å². The van der Waals surface area contributed by atoms with Crippen molar-refractivity contribution in [2.24, 2.45) is 0 Å². The second kappa shape index (κ2) is 3.21. The Morgan fingerprint density at radius 3 is 3.17 bits per heavy atom. The zero-order valence-electron chi connectivity index (χ0n) is 6.99. The number of aliphatic hydroxyl groups is 1. The van der Waals surface area contributed by atoms with E-state index in [1.54, 1.807) is 6.08 Å². The summed E-state index contributed by atoms with van der Waals surface area (Å²) in [5.41, 5.74) is 0. The maximum absolute atomic E-state index is 11.1. The van der Waals surface area contributed by atoms with Crippen molar-refractivity contribution in [2.45, 2.75) is 25.2 Å². The van der Waals surface area contributed by atoms with Crippen molar-refractivity contribution >= 4 is 5.78 Å². The lowest BCUT2D eigenvalue weighted by Crippen LogP contribution is -2.39. The van der Waals surface area contributed by atoms with E-state index in [1.165, 1.54) is 19.1 Å². The van der Waals surface area contributed by atoms with Crippen LogP contribution in [0.1, 0.15) is 13.3 Å². The molecule has 0 bridgehead atoms. The molecule has 0 fully saturated rings. The Hall–Kier alpha value is -0.930. The molecule has 0 aromatic carbocycles. The fraction of sp³-hybridized carbons (Fsp3) is 0.444. The lowest BCUT2D eigenvalue weighted by molar-refractivity contribution is -0.191. The fourth-order valence-electron chi connectivity index (χ4n) is 1.05. The molecular weight excluding hydrogens is 156 g/mol. The number of ether oxygens (including phenoxy) is 1. The van der Waals surface area contributed by atoms with E-state index in [1.807, 2.05) is 0 Å². The zero-order chi connectivity index (χ0) is 9.19. The molecule has 0 aliphatic carbocycles. The number of hydrogen-bond donors (Lipinski definition) is 1. The van der Waals surface area contributed by atoms with Crippen molar-refractivity contribution in [1.82, 2.24) is 0 Å². The molecule has 0 saturated carbocycles. The fourth-order valence-corrected chi connectivity index (χ4v) is 1.05. The highest BCUT2D eigenvalue weighted by Crippen LogP contribution is 2.19. The smallest absolute Gasteiger partial charge is 0.184 e. The average molecular weight is 168 g/mol. The topological polar surface area (TPSA) is 46.5 Å². The van der Waals surface area contributed by atoms with Gasteiger partial charge in [0.05, 0.1) is 0 Å². The molecule has 1 heterocycles. The van der Waals surface area contributed by atoms with Gasteiger partial charge in [-0.1, -0.05) is 6.08 Å². The van der Waals surface area contributed by atoms with E-state index in [4.69, 9.17) is 4.74 Å². The summed E-state index contributed by atoms with van der Waals surface area (Å²) in [5, 5.41) is 9.39. The first-order valence-corrected chi connectivity index (χ1v) is 3.79. The first-order valence-electron chi connectivity index (χ1n) is 3.79. The van der Waals surface area contributed by atoms with Crippen molar-refractivity contribution in [2.75, 3.05) is 0 Å². The van der Waals surface area contributed by atoms with Crippen molar-refractivity contribution in [3.8, 4) is 0 Å². The van der Waals surface area contributed by atoms with Gasteiger partial charge in [0.25, 0.3) is 0 Å². The third-order valence-corrected chi connectivity index (χ3v) is 1.64. The number of rotatable bonds is 2. The van der Waals surface area contributed by atoms with Gasteiger partial charge in [0.1, 0.15) is 6.10 Å². The van der Waals surface area contributed by atoms with Gasteiger partial charge in [-0.3, -0.25) is 4.79 Å². The van der Waals surface area contributed by atoms with E-state index in [9.17, 15) is 9.90 Å². The summed E-state index contributed by atoms with van der Waals surface area (Å²) >= 11 is 0. The van der Waals surface area contributed by atoms with E-state index in [0.29, 0.717) is 6.42 Å². The van der Waals surface area contributed by atoms with Crippen LogP contribution in [0.4, 0.5) is 0 Å². The summed E-state index contributed by atoms with van der Waals surface area (Å²) in [5.74, 6) is -1.44. The van der Waals surface area contributed by atoms with Crippen LogP contribution in [0.2, 0.25) is 0 Å². The molecule has 0 saturated heterocycles. The van der Waals surface area contributed by atoms with Gasteiger partial charge in [-0.15, -0.1) is 6.58 Å². The number of hydrogen-bond acceptors (Lipinski definition) is 3. The molecule has 0 radical (unpaired) electrons. The summed E-state index contributed by atoms with van der Waals surface area (Å²) in [7, 11) is 0. The summed E-state index contributed by atoms with van der Waals surface area (Å²) in [6.45, 7) is 4.99. The Labute approximate surface area is 71.3 Å². The lowest BCUT2D eigenvalue weighted by atomic mass is 10.1. The molecule has 3 nitrogen and oxygen atoms in total. The molecule has 2 atom stereocenters. The van der Waals surface area contributed by atoms with E-state index in [-0.39, 0.29) is 5.78 Å². The Balaban J connectivity index is 2.73. The number of ketones is 1. The van der Waals surface area contributed by atoms with Crippen LogP contribution in [0.25, 0.3) is 0 Å².